The predicted molar refractivity (Wildman–Crippen MR) is 59.8 cm³/mol. The summed E-state index contributed by atoms with van der Waals surface area (Å²) < 4.78 is 17.5. The lowest BCUT2D eigenvalue weighted by Crippen LogP contribution is -2.11. The van der Waals surface area contributed by atoms with E-state index >= 15 is 0 Å². The van der Waals surface area contributed by atoms with Gasteiger partial charge in [-0.1, -0.05) is 12.1 Å². The van der Waals surface area contributed by atoms with Crippen LogP contribution in [0.25, 0.3) is 0 Å². The van der Waals surface area contributed by atoms with E-state index in [2.05, 4.69) is 5.32 Å². The molecule has 0 bridgehead atoms. The van der Waals surface area contributed by atoms with Crippen molar-refractivity contribution >= 4 is 0 Å². The van der Waals surface area contributed by atoms with E-state index in [1.54, 1.807) is 14.2 Å². The maximum absolute atomic E-state index is 12.4. The third kappa shape index (κ3) is 3.72. The molecule has 0 aliphatic heterocycles. The van der Waals surface area contributed by atoms with Crippen LogP contribution in [0.15, 0.2) is 36.2 Å². The Hall–Kier alpha value is -1.35. The first-order valence-electron chi connectivity index (χ1n) is 4.85. The van der Waals surface area contributed by atoms with Gasteiger partial charge in [-0.2, -0.15) is 0 Å². The fourth-order valence-corrected chi connectivity index (χ4v) is 1.37. The van der Waals surface area contributed by atoms with Gasteiger partial charge < -0.3 is 10.1 Å². The van der Waals surface area contributed by atoms with Crippen molar-refractivity contribution in [3.63, 3.8) is 0 Å². The highest BCUT2D eigenvalue weighted by Crippen LogP contribution is 2.14. The van der Waals surface area contributed by atoms with Gasteiger partial charge in [-0.25, -0.2) is 4.39 Å². The van der Waals surface area contributed by atoms with Crippen molar-refractivity contribution in [1.29, 1.82) is 0 Å². The lowest BCUT2D eigenvalue weighted by molar-refractivity contribution is 0.414. The molecule has 1 aromatic carbocycles. The Bertz CT molecular complexity index is 319. The first-order valence-corrected chi connectivity index (χ1v) is 4.85. The number of nitrogens with one attached hydrogen (secondary N) is 1. The van der Waals surface area contributed by atoms with Gasteiger partial charge in [0.1, 0.15) is 5.75 Å². The number of hydrogen-bond donors (Lipinski definition) is 1. The Morgan fingerprint density at radius 3 is 2.53 bits per heavy atom. The standard InChI is InChI=1S/C12H16FNO/c1-14-9-11(8-13)7-10-3-5-12(15-2)6-4-10/h3-6,8,14H,7,9H2,1-2H3/b11-8-. The molecule has 0 heterocycles. The lowest BCUT2D eigenvalue weighted by atomic mass is 10.1. The van der Waals surface area contributed by atoms with E-state index in [9.17, 15) is 4.39 Å². The zero-order valence-electron chi connectivity index (χ0n) is 9.09. The molecule has 1 aromatic rings. The highest BCUT2D eigenvalue weighted by Gasteiger charge is 1.99. The Balaban J connectivity index is 2.63. The van der Waals surface area contributed by atoms with Gasteiger partial charge >= 0.3 is 0 Å². The smallest absolute Gasteiger partial charge is 0.118 e. The molecule has 0 spiro atoms. The van der Waals surface area contributed by atoms with Gasteiger partial charge in [-0.05, 0) is 36.7 Å². The summed E-state index contributed by atoms with van der Waals surface area (Å²) in [5, 5.41) is 2.93. The van der Waals surface area contributed by atoms with Crippen molar-refractivity contribution in [3.8, 4) is 5.75 Å². The van der Waals surface area contributed by atoms with Crippen molar-refractivity contribution in [2.75, 3.05) is 20.7 Å². The quantitative estimate of drug-likeness (QED) is 0.803. The second-order valence-corrected chi connectivity index (χ2v) is 3.32. The molecule has 0 fully saturated rings. The van der Waals surface area contributed by atoms with Gasteiger partial charge in [0.05, 0.1) is 13.4 Å². The van der Waals surface area contributed by atoms with E-state index in [4.69, 9.17) is 4.74 Å². The minimum absolute atomic E-state index is 0.572. The van der Waals surface area contributed by atoms with Gasteiger partial charge in [-0.3, -0.25) is 0 Å². The highest BCUT2D eigenvalue weighted by molar-refractivity contribution is 5.29. The van der Waals surface area contributed by atoms with E-state index in [0.29, 0.717) is 19.3 Å². The number of methoxy groups -OCH3 is 1. The molecule has 0 aromatic heterocycles. The number of halogens is 1. The van der Waals surface area contributed by atoms with Crippen molar-refractivity contribution in [2.24, 2.45) is 0 Å². The number of rotatable bonds is 5. The largest absolute Gasteiger partial charge is 0.497 e. The number of hydrogen-bond acceptors (Lipinski definition) is 2. The molecule has 0 saturated carbocycles. The molecular weight excluding hydrogens is 193 g/mol. The minimum Gasteiger partial charge on any atom is -0.497 e. The molecule has 0 radical (unpaired) electrons. The first kappa shape index (κ1) is 11.7. The second kappa shape index (κ2) is 6.19. The molecule has 0 unspecified atom stereocenters. The van der Waals surface area contributed by atoms with E-state index in [0.717, 1.165) is 16.9 Å². The highest BCUT2D eigenvalue weighted by atomic mass is 19.1. The van der Waals surface area contributed by atoms with Crippen molar-refractivity contribution in [2.45, 2.75) is 6.42 Å². The fourth-order valence-electron chi connectivity index (χ4n) is 1.37. The van der Waals surface area contributed by atoms with Gasteiger partial charge in [-0.15, -0.1) is 0 Å². The van der Waals surface area contributed by atoms with Crippen LogP contribution in [-0.2, 0) is 6.42 Å². The molecule has 0 saturated heterocycles. The Labute approximate surface area is 89.8 Å². The van der Waals surface area contributed by atoms with Gasteiger partial charge in [0.15, 0.2) is 0 Å². The molecule has 3 heteroatoms. The molecule has 0 amide bonds. The van der Waals surface area contributed by atoms with E-state index in [1.165, 1.54) is 0 Å². The Kier molecular flexibility index (Phi) is 4.84. The van der Waals surface area contributed by atoms with Gasteiger partial charge in [0.2, 0.25) is 0 Å². The summed E-state index contributed by atoms with van der Waals surface area (Å²) >= 11 is 0. The minimum atomic E-state index is 0.572. The molecule has 82 valence electrons. The zero-order chi connectivity index (χ0) is 11.1. The monoisotopic (exact) mass is 209 g/mol. The summed E-state index contributed by atoms with van der Waals surface area (Å²) in [6, 6.07) is 7.64. The molecule has 15 heavy (non-hydrogen) atoms. The van der Waals surface area contributed by atoms with Crippen LogP contribution < -0.4 is 10.1 Å². The topological polar surface area (TPSA) is 21.3 Å². The van der Waals surface area contributed by atoms with E-state index in [-0.39, 0.29) is 0 Å². The van der Waals surface area contributed by atoms with Gasteiger partial charge in [0, 0.05) is 6.54 Å². The summed E-state index contributed by atoms with van der Waals surface area (Å²) in [4.78, 5) is 0. The molecule has 2 nitrogen and oxygen atoms in total. The molecule has 1 rings (SSSR count). The second-order valence-electron chi connectivity index (χ2n) is 3.32. The first-order chi connectivity index (χ1) is 7.30. The predicted octanol–water partition coefficient (Wildman–Crippen LogP) is 2.31. The van der Waals surface area contributed by atoms with E-state index < -0.39 is 0 Å². The lowest BCUT2D eigenvalue weighted by Gasteiger charge is -2.06. The molecule has 0 aliphatic carbocycles. The summed E-state index contributed by atoms with van der Waals surface area (Å²) in [6.45, 7) is 0.572. The normalized spacial score (nSPS) is 11.5. The van der Waals surface area contributed by atoms with Crippen LogP contribution in [0.3, 0.4) is 0 Å². The summed E-state index contributed by atoms with van der Waals surface area (Å²) in [5.41, 5.74) is 1.82. The van der Waals surface area contributed by atoms with Crippen LogP contribution in [0.5, 0.6) is 5.75 Å². The summed E-state index contributed by atoms with van der Waals surface area (Å²) in [7, 11) is 3.43. The average Bonchev–Trinajstić information content (AvgIpc) is 2.29. The molecule has 0 aliphatic rings. The van der Waals surface area contributed by atoms with Gasteiger partial charge in [0.25, 0.3) is 0 Å². The van der Waals surface area contributed by atoms with Crippen molar-refractivity contribution in [1.82, 2.24) is 5.32 Å². The maximum atomic E-state index is 12.4. The van der Waals surface area contributed by atoms with Crippen molar-refractivity contribution < 1.29 is 9.13 Å². The summed E-state index contributed by atoms with van der Waals surface area (Å²) in [5.74, 6) is 0.818. The average molecular weight is 209 g/mol. The van der Waals surface area contributed by atoms with Crippen molar-refractivity contribution in [3.05, 3.63) is 41.7 Å². The Morgan fingerprint density at radius 2 is 2.07 bits per heavy atom. The van der Waals surface area contributed by atoms with E-state index in [1.807, 2.05) is 24.3 Å². The SMILES string of the molecule is CNC/C(=C\F)Cc1ccc(OC)cc1. The molecular formula is C12H16FNO. The van der Waals surface area contributed by atoms with Crippen LogP contribution in [-0.4, -0.2) is 20.7 Å². The van der Waals surface area contributed by atoms with Crippen LogP contribution in [0.2, 0.25) is 0 Å². The summed E-state index contributed by atoms with van der Waals surface area (Å²) in [6.07, 6.45) is 1.29. The zero-order valence-corrected chi connectivity index (χ0v) is 9.09. The number of benzene rings is 1. The number of likely N-dealkylation sites (N-methyl/N-ethyl adjacent to an activating group) is 1. The van der Waals surface area contributed by atoms with Crippen LogP contribution in [0.1, 0.15) is 5.56 Å². The van der Waals surface area contributed by atoms with Crippen LogP contribution in [0.4, 0.5) is 4.39 Å². The third-order valence-electron chi connectivity index (χ3n) is 2.15. The fraction of sp³-hybridized carbons (Fsp3) is 0.333. The number of ether oxygens (including phenoxy) is 1. The Morgan fingerprint density at radius 1 is 1.40 bits per heavy atom. The third-order valence-corrected chi connectivity index (χ3v) is 2.15. The van der Waals surface area contributed by atoms with Crippen LogP contribution in [0, 0.1) is 0 Å². The molecule has 0 atom stereocenters. The maximum Gasteiger partial charge on any atom is 0.118 e. The molecule has 1 N–H and O–H groups in total. The van der Waals surface area contributed by atoms with Crippen LogP contribution >= 0.6 is 0 Å².